The molecule has 2 rings (SSSR count). The number of carbonyl (C=O) groups excluding carboxylic acids is 3. The standard InChI is InChI=1S/C21H25N3O8/c1-6-31-19(25)13(4)23-21(27)32-18-12(3)22-11(2)16(20(26)30-5)17(18)14-8-7-9-15(10-14)24(28)29/h7-10,13,17,22H,6H2,1-5H3,(H,23,27)/t13-,17-/m0/s1. The van der Waals surface area contributed by atoms with Crippen molar-refractivity contribution in [3.8, 4) is 0 Å². The first-order valence-corrected chi connectivity index (χ1v) is 9.76. The summed E-state index contributed by atoms with van der Waals surface area (Å²) in [5.41, 5.74) is 1.13. The maximum Gasteiger partial charge on any atom is 0.413 e. The van der Waals surface area contributed by atoms with Gasteiger partial charge in [-0.05, 0) is 33.3 Å². The smallest absolute Gasteiger partial charge is 0.413 e. The molecule has 1 amide bonds. The van der Waals surface area contributed by atoms with Crippen LogP contribution < -0.4 is 10.6 Å². The molecule has 2 atom stereocenters. The van der Waals surface area contributed by atoms with Gasteiger partial charge in [0.1, 0.15) is 11.8 Å². The Morgan fingerprint density at radius 2 is 1.94 bits per heavy atom. The van der Waals surface area contributed by atoms with Crippen LogP contribution in [0.2, 0.25) is 0 Å². The van der Waals surface area contributed by atoms with Crippen LogP contribution in [-0.4, -0.2) is 42.7 Å². The second-order valence-corrected chi connectivity index (χ2v) is 6.94. The largest absolute Gasteiger partial charge is 0.466 e. The van der Waals surface area contributed by atoms with Crippen molar-refractivity contribution in [3.05, 3.63) is 62.7 Å². The number of alkyl carbamates (subject to hydrolysis) is 1. The fourth-order valence-corrected chi connectivity index (χ4v) is 3.26. The molecule has 1 aliphatic rings. The molecule has 0 fully saturated rings. The highest BCUT2D eigenvalue weighted by atomic mass is 16.6. The number of benzene rings is 1. The van der Waals surface area contributed by atoms with E-state index in [4.69, 9.17) is 14.2 Å². The zero-order valence-electron chi connectivity index (χ0n) is 18.4. The Kier molecular flexibility index (Phi) is 7.94. The number of amides is 1. The van der Waals surface area contributed by atoms with Gasteiger partial charge in [0.15, 0.2) is 0 Å². The second-order valence-electron chi connectivity index (χ2n) is 6.94. The maximum absolute atomic E-state index is 12.6. The third-order valence-corrected chi connectivity index (χ3v) is 4.70. The molecule has 0 saturated carbocycles. The lowest BCUT2D eigenvalue weighted by Crippen LogP contribution is -2.41. The molecule has 0 spiro atoms. The number of nitro groups is 1. The average molecular weight is 447 g/mol. The molecule has 0 aromatic heterocycles. The summed E-state index contributed by atoms with van der Waals surface area (Å²) in [4.78, 5) is 47.6. The van der Waals surface area contributed by atoms with Crippen molar-refractivity contribution in [1.29, 1.82) is 0 Å². The Hall–Kier alpha value is -3.89. The van der Waals surface area contributed by atoms with Crippen molar-refractivity contribution < 1.29 is 33.5 Å². The zero-order valence-corrected chi connectivity index (χ0v) is 18.4. The van der Waals surface area contributed by atoms with Gasteiger partial charge in [0.05, 0.1) is 35.8 Å². The molecule has 11 nitrogen and oxygen atoms in total. The molecule has 2 N–H and O–H groups in total. The summed E-state index contributed by atoms with van der Waals surface area (Å²) in [6, 6.07) is 4.67. The number of non-ortho nitro benzene ring substituents is 1. The van der Waals surface area contributed by atoms with E-state index in [1.165, 1.54) is 32.2 Å². The number of ether oxygens (including phenoxy) is 3. The molecule has 172 valence electrons. The Morgan fingerprint density at radius 3 is 2.53 bits per heavy atom. The molecule has 1 aliphatic heterocycles. The minimum absolute atomic E-state index is 0.0325. The van der Waals surface area contributed by atoms with Crippen LogP contribution in [-0.2, 0) is 23.8 Å². The van der Waals surface area contributed by atoms with E-state index in [9.17, 15) is 24.5 Å². The zero-order chi connectivity index (χ0) is 24.0. The van der Waals surface area contributed by atoms with Crippen LogP contribution in [0.4, 0.5) is 10.5 Å². The fourth-order valence-electron chi connectivity index (χ4n) is 3.26. The summed E-state index contributed by atoms with van der Waals surface area (Å²) in [6.07, 6.45) is -0.957. The number of nitrogens with one attached hydrogen (secondary N) is 2. The summed E-state index contributed by atoms with van der Waals surface area (Å²) >= 11 is 0. The van der Waals surface area contributed by atoms with Crippen molar-refractivity contribution in [1.82, 2.24) is 10.6 Å². The first-order chi connectivity index (χ1) is 15.1. The van der Waals surface area contributed by atoms with Gasteiger partial charge in [-0.3, -0.25) is 10.1 Å². The van der Waals surface area contributed by atoms with Gasteiger partial charge >= 0.3 is 18.0 Å². The van der Waals surface area contributed by atoms with E-state index in [1.807, 2.05) is 0 Å². The number of hydrogen-bond donors (Lipinski definition) is 2. The lowest BCUT2D eigenvalue weighted by Gasteiger charge is -2.30. The molecule has 11 heteroatoms. The SMILES string of the molecule is CCOC(=O)[C@H](C)NC(=O)OC1=C(C)NC(C)=C(C(=O)OC)[C@@H]1c1cccc([N+](=O)[O-])c1. The number of allylic oxidation sites excluding steroid dienone is 3. The van der Waals surface area contributed by atoms with Crippen molar-refractivity contribution in [2.45, 2.75) is 39.7 Å². The molecule has 0 unspecified atom stereocenters. The van der Waals surface area contributed by atoms with Crippen molar-refractivity contribution in [3.63, 3.8) is 0 Å². The molecule has 0 bridgehead atoms. The Morgan fingerprint density at radius 1 is 1.25 bits per heavy atom. The van der Waals surface area contributed by atoms with Crippen LogP contribution in [0.3, 0.4) is 0 Å². The van der Waals surface area contributed by atoms with Crippen LogP contribution in [0, 0.1) is 10.1 Å². The summed E-state index contributed by atoms with van der Waals surface area (Å²) < 4.78 is 15.2. The molecule has 0 saturated heterocycles. The van der Waals surface area contributed by atoms with E-state index in [0.29, 0.717) is 17.0 Å². The fraction of sp³-hybridized carbons (Fsp3) is 0.381. The van der Waals surface area contributed by atoms with E-state index in [0.717, 1.165) is 0 Å². The number of carbonyl (C=O) groups is 3. The number of rotatable bonds is 7. The van der Waals surface area contributed by atoms with E-state index in [-0.39, 0.29) is 23.6 Å². The molecule has 32 heavy (non-hydrogen) atoms. The van der Waals surface area contributed by atoms with E-state index in [1.54, 1.807) is 26.8 Å². The van der Waals surface area contributed by atoms with Gasteiger partial charge in [0.25, 0.3) is 5.69 Å². The topological polar surface area (TPSA) is 146 Å². The normalized spacial score (nSPS) is 16.6. The quantitative estimate of drug-likeness (QED) is 0.279. The second kappa shape index (κ2) is 10.4. The Labute approximate surface area is 184 Å². The van der Waals surface area contributed by atoms with Crippen molar-refractivity contribution >= 4 is 23.7 Å². The lowest BCUT2D eigenvalue weighted by atomic mass is 9.85. The van der Waals surface area contributed by atoms with Crippen LogP contribution in [0.15, 0.2) is 47.0 Å². The molecule has 0 aliphatic carbocycles. The summed E-state index contributed by atoms with van der Waals surface area (Å²) in [5, 5.41) is 16.6. The average Bonchev–Trinajstić information content (AvgIpc) is 2.74. The first-order valence-electron chi connectivity index (χ1n) is 9.76. The van der Waals surface area contributed by atoms with Crippen LogP contribution in [0.1, 0.15) is 39.2 Å². The van der Waals surface area contributed by atoms with Gasteiger partial charge in [-0.2, -0.15) is 0 Å². The maximum atomic E-state index is 12.6. The van der Waals surface area contributed by atoms with Gasteiger partial charge in [-0.25, -0.2) is 14.4 Å². The number of methoxy groups -OCH3 is 1. The van der Waals surface area contributed by atoms with Gasteiger partial charge in [0.2, 0.25) is 0 Å². The summed E-state index contributed by atoms with van der Waals surface area (Å²) in [7, 11) is 1.20. The number of esters is 2. The lowest BCUT2D eigenvalue weighted by molar-refractivity contribution is -0.384. The van der Waals surface area contributed by atoms with Crippen LogP contribution in [0.25, 0.3) is 0 Å². The van der Waals surface area contributed by atoms with Crippen molar-refractivity contribution in [2.75, 3.05) is 13.7 Å². The predicted octanol–water partition coefficient (Wildman–Crippen LogP) is 2.64. The first kappa shape index (κ1) is 24.4. The van der Waals surface area contributed by atoms with Gasteiger partial charge in [0, 0.05) is 17.8 Å². The molecular formula is C21H25N3O8. The molecule has 1 aromatic carbocycles. The summed E-state index contributed by atoms with van der Waals surface area (Å²) in [6.45, 7) is 6.48. The highest BCUT2D eigenvalue weighted by Crippen LogP contribution is 2.40. The Balaban J connectivity index is 2.47. The van der Waals surface area contributed by atoms with Crippen LogP contribution >= 0.6 is 0 Å². The van der Waals surface area contributed by atoms with Gasteiger partial charge in [-0.1, -0.05) is 12.1 Å². The highest BCUT2D eigenvalue weighted by Gasteiger charge is 2.37. The number of dihydropyridines is 1. The van der Waals surface area contributed by atoms with E-state index >= 15 is 0 Å². The number of nitro benzene ring substituents is 1. The number of nitrogens with zero attached hydrogens (tertiary/aromatic N) is 1. The Bertz CT molecular complexity index is 999. The third kappa shape index (κ3) is 5.42. The van der Waals surface area contributed by atoms with E-state index < -0.39 is 34.9 Å². The highest BCUT2D eigenvalue weighted by molar-refractivity contribution is 5.92. The summed E-state index contributed by atoms with van der Waals surface area (Å²) in [5.74, 6) is -2.27. The molecule has 1 aromatic rings. The minimum Gasteiger partial charge on any atom is -0.466 e. The van der Waals surface area contributed by atoms with Gasteiger partial charge in [-0.15, -0.1) is 0 Å². The minimum atomic E-state index is -0.978. The van der Waals surface area contributed by atoms with E-state index in [2.05, 4.69) is 10.6 Å². The number of hydrogen-bond acceptors (Lipinski definition) is 9. The third-order valence-electron chi connectivity index (χ3n) is 4.70. The van der Waals surface area contributed by atoms with Crippen molar-refractivity contribution in [2.24, 2.45) is 0 Å². The molecule has 0 radical (unpaired) electrons. The molecular weight excluding hydrogens is 422 g/mol. The monoisotopic (exact) mass is 447 g/mol. The van der Waals surface area contributed by atoms with Crippen LogP contribution in [0.5, 0.6) is 0 Å². The van der Waals surface area contributed by atoms with Gasteiger partial charge < -0.3 is 24.8 Å². The molecule has 1 heterocycles. The predicted molar refractivity (Wildman–Crippen MR) is 112 cm³/mol.